The van der Waals surface area contributed by atoms with Crippen LogP contribution >= 0.6 is 46.4 Å². The van der Waals surface area contributed by atoms with E-state index in [1.165, 1.54) is 0 Å². The van der Waals surface area contributed by atoms with E-state index in [2.05, 4.69) is 10.4 Å². The number of amides is 1. The molecule has 1 aromatic heterocycles. The van der Waals surface area contributed by atoms with E-state index in [1.807, 2.05) is 12.1 Å². The van der Waals surface area contributed by atoms with Crippen molar-refractivity contribution in [2.45, 2.75) is 13.2 Å². The number of hydrogen-bond acceptors (Lipinski definition) is 3. The molecule has 0 saturated carbocycles. The minimum absolute atomic E-state index is 0.234. The number of carbonyl (C=O) groups is 1. The Morgan fingerprint density at radius 2 is 1.76 bits per heavy atom. The van der Waals surface area contributed by atoms with Gasteiger partial charge in [-0.3, -0.25) is 9.48 Å². The van der Waals surface area contributed by atoms with Crippen LogP contribution in [0.5, 0.6) is 5.75 Å². The Balaban J connectivity index is 1.39. The molecule has 5 nitrogen and oxygen atoms in total. The molecule has 33 heavy (non-hydrogen) atoms. The monoisotopic (exact) mass is 519 g/mol. The van der Waals surface area contributed by atoms with Crippen molar-refractivity contribution in [1.29, 1.82) is 0 Å². The molecule has 0 bridgehead atoms. The van der Waals surface area contributed by atoms with Crippen LogP contribution in [0.25, 0.3) is 0 Å². The molecule has 0 atom stereocenters. The van der Waals surface area contributed by atoms with E-state index in [4.69, 9.17) is 51.1 Å². The topological polar surface area (TPSA) is 56.2 Å². The molecule has 0 aliphatic heterocycles. The number of aromatic nitrogens is 2. The number of hydrogen-bond donors (Lipinski definition) is 1. The summed E-state index contributed by atoms with van der Waals surface area (Å²) < 4.78 is 7.44. The standard InChI is InChI=1S/C24H17Cl4N3O2/c25-18-8-7-17(20(27)12-18)13-31-10-9-22(30-31)29-24(32)16-4-1-3-15(11-16)14-33-21-6-2-5-19(26)23(21)28/h1-12H,13-14H2,(H,29,30,32). The van der Waals surface area contributed by atoms with E-state index >= 15 is 0 Å². The maximum Gasteiger partial charge on any atom is 0.256 e. The average molecular weight is 521 g/mol. The van der Waals surface area contributed by atoms with Crippen LogP contribution in [0.15, 0.2) is 72.9 Å². The van der Waals surface area contributed by atoms with E-state index in [0.717, 1.165) is 11.1 Å². The van der Waals surface area contributed by atoms with Crippen molar-refractivity contribution in [3.05, 3.63) is 110 Å². The van der Waals surface area contributed by atoms with Crippen molar-refractivity contribution in [2.75, 3.05) is 5.32 Å². The number of rotatable bonds is 7. The van der Waals surface area contributed by atoms with Crippen LogP contribution in [0, 0.1) is 0 Å². The highest BCUT2D eigenvalue weighted by molar-refractivity contribution is 6.42. The van der Waals surface area contributed by atoms with Crippen LogP contribution in [0.2, 0.25) is 20.1 Å². The van der Waals surface area contributed by atoms with Crippen molar-refractivity contribution in [2.24, 2.45) is 0 Å². The highest BCUT2D eigenvalue weighted by Gasteiger charge is 2.11. The first-order valence-electron chi connectivity index (χ1n) is 9.83. The average Bonchev–Trinajstić information content (AvgIpc) is 3.23. The Morgan fingerprint density at radius 1 is 0.939 bits per heavy atom. The fraction of sp³-hybridized carbons (Fsp3) is 0.0833. The van der Waals surface area contributed by atoms with Gasteiger partial charge >= 0.3 is 0 Å². The minimum atomic E-state index is -0.285. The van der Waals surface area contributed by atoms with Crippen LogP contribution in [0.3, 0.4) is 0 Å². The zero-order valence-corrected chi connectivity index (χ0v) is 20.1. The summed E-state index contributed by atoms with van der Waals surface area (Å²) in [7, 11) is 0. The van der Waals surface area contributed by atoms with Crippen LogP contribution in [-0.4, -0.2) is 15.7 Å². The number of carbonyl (C=O) groups excluding carboxylic acids is 1. The molecular formula is C24H17Cl4N3O2. The zero-order chi connectivity index (χ0) is 23.4. The summed E-state index contributed by atoms with van der Waals surface area (Å²) >= 11 is 24.3. The molecule has 0 aliphatic carbocycles. The maximum absolute atomic E-state index is 12.7. The summed E-state index contributed by atoms with van der Waals surface area (Å²) in [5, 5.41) is 9.09. The molecule has 3 aromatic carbocycles. The summed E-state index contributed by atoms with van der Waals surface area (Å²) in [6.07, 6.45) is 1.76. The van der Waals surface area contributed by atoms with Gasteiger partial charge in [-0.25, -0.2) is 0 Å². The highest BCUT2D eigenvalue weighted by Crippen LogP contribution is 2.32. The normalized spacial score (nSPS) is 10.8. The van der Waals surface area contributed by atoms with E-state index in [1.54, 1.807) is 65.5 Å². The van der Waals surface area contributed by atoms with Gasteiger partial charge in [0.1, 0.15) is 17.4 Å². The van der Waals surface area contributed by atoms with E-state index in [0.29, 0.717) is 43.8 Å². The highest BCUT2D eigenvalue weighted by atomic mass is 35.5. The summed E-state index contributed by atoms with van der Waals surface area (Å²) in [5.41, 5.74) is 2.15. The minimum Gasteiger partial charge on any atom is -0.487 e. The predicted molar refractivity (Wildman–Crippen MR) is 133 cm³/mol. The van der Waals surface area contributed by atoms with Crippen LogP contribution in [0.4, 0.5) is 5.82 Å². The molecule has 0 unspecified atom stereocenters. The molecule has 0 saturated heterocycles. The third-order valence-electron chi connectivity index (χ3n) is 4.73. The predicted octanol–water partition coefficient (Wildman–Crippen LogP) is 7.38. The third-order valence-corrected chi connectivity index (χ3v) is 6.12. The second-order valence-corrected chi connectivity index (χ2v) is 8.76. The summed E-state index contributed by atoms with van der Waals surface area (Å²) in [5.74, 6) is 0.621. The molecule has 0 spiro atoms. The fourth-order valence-electron chi connectivity index (χ4n) is 3.09. The van der Waals surface area contributed by atoms with Gasteiger partial charge in [-0.05, 0) is 47.5 Å². The Morgan fingerprint density at radius 3 is 2.58 bits per heavy atom. The molecule has 0 fully saturated rings. The summed E-state index contributed by atoms with van der Waals surface area (Å²) in [4.78, 5) is 12.7. The lowest BCUT2D eigenvalue weighted by Gasteiger charge is -2.10. The first kappa shape index (κ1) is 23.5. The molecule has 1 heterocycles. The quantitative estimate of drug-likeness (QED) is 0.276. The summed E-state index contributed by atoms with van der Waals surface area (Å²) in [6.45, 7) is 0.683. The lowest BCUT2D eigenvalue weighted by atomic mass is 10.1. The second kappa shape index (κ2) is 10.5. The molecule has 4 aromatic rings. The van der Waals surface area contributed by atoms with Gasteiger partial charge in [0.2, 0.25) is 0 Å². The van der Waals surface area contributed by atoms with Crippen molar-refractivity contribution < 1.29 is 9.53 Å². The van der Waals surface area contributed by atoms with E-state index < -0.39 is 0 Å². The number of anilines is 1. The molecule has 0 radical (unpaired) electrons. The smallest absolute Gasteiger partial charge is 0.256 e. The maximum atomic E-state index is 12.7. The van der Waals surface area contributed by atoms with Gasteiger partial charge in [-0.15, -0.1) is 0 Å². The van der Waals surface area contributed by atoms with Gasteiger partial charge in [0.05, 0.1) is 11.6 Å². The van der Waals surface area contributed by atoms with Crippen molar-refractivity contribution >= 4 is 58.1 Å². The van der Waals surface area contributed by atoms with Gasteiger partial charge in [-0.2, -0.15) is 5.10 Å². The lowest BCUT2D eigenvalue weighted by Crippen LogP contribution is -2.13. The Kier molecular flexibility index (Phi) is 7.46. The SMILES string of the molecule is O=C(Nc1ccn(Cc2ccc(Cl)cc2Cl)n1)c1cccc(COc2cccc(Cl)c2Cl)c1. The van der Waals surface area contributed by atoms with Crippen molar-refractivity contribution in [1.82, 2.24) is 9.78 Å². The Hall–Kier alpha value is -2.70. The zero-order valence-electron chi connectivity index (χ0n) is 17.1. The van der Waals surface area contributed by atoms with Gasteiger partial charge < -0.3 is 10.1 Å². The first-order valence-corrected chi connectivity index (χ1v) is 11.3. The van der Waals surface area contributed by atoms with Crippen LogP contribution in [0.1, 0.15) is 21.5 Å². The van der Waals surface area contributed by atoms with Crippen LogP contribution in [-0.2, 0) is 13.2 Å². The van der Waals surface area contributed by atoms with Gasteiger partial charge in [0.25, 0.3) is 5.91 Å². The Labute approximate surface area is 210 Å². The van der Waals surface area contributed by atoms with Gasteiger partial charge in [0, 0.05) is 27.9 Å². The first-order chi connectivity index (χ1) is 15.9. The lowest BCUT2D eigenvalue weighted by molar-refractivity contribution is 0.102. The van der Waals surface area contributed by atoms with E-state index in [9.17, 15) is 4.79 Å². The van der Waals surface area contributed by atoms with E-state index in [-0.39, 0.29) is 12.5 Å². The van der Waals surface area contributed by atoms with Gasteiger partial charge in [0.15, 0.2) is 5.82 Å². The molecule has 1 N–H and O–H groups in total. The molecule has 4 rings (SSSR count). The largest absolute Gasteiger partial charge is 0.487 e. The number of ether oxygens (including phenoxy) is 1. The molecule has 9 heteroatoms. The van der Waals surface area contributed by atoms with Crippen molar-refractivity contribution in [3.63, 3.8) is 0 Å². The molecule has 0 aliphatic rings. The number of nitrogens with zero attached hydrogens (tertiary/aromatic N) is 2. The molecular weight excluding hydrogens is 504 g/mol. The summed E-state index contributed by atoms with van der Waals surface area (Å²) in [6, 6.07) is 19.3. The van der Waals surface area contributed by atoms with Gasteiger partial charge in [-0.1, -0.05) is 70.7 Å². The van der Waals surface area contributed by atoms with Crippen molar-refractivity contribution in [3.8, 4) is 5.75 Å². The third kappa shape index (κ3) is 6.01. The number of nitrogens with one attached hydrogen (secondary N) is 1. The van der Waals surface area contributed by atoms with Crippen LogP contribution < -0.4 is 10.1 Å². The molecule has 1 amide bonds. The molecule has 168 valence electrons. The number of benzene rings is 3. The number of halogens is 4. The fourth-order valence-corrected chi connectivity index (χ4v) is 3.90. The Bertz CT molecular complexity index is 1310. The second-order valence-electron chi connectivity index (χ2n) is 7.13.